The summed E-state index contributed by atoms with van der Waals surface area (Å²) in [7, 11) is 0. The van der Waals surface area contributed by atoms with Crippen molar-refractivity contribution >= 4 is 27.4 Å². The quantitative estimate of drug-likeness (QED) is 0.710. The maximum Gasteiger partial charge on any atom is 0.356 e. The van der Waals surface area contributed by atoms with E-state index in [1.165, 1.54) is 0 Å². The van der Waals surface area contributed by atoms with Gasteiger partial charge in [-0.15, -0.1) is 11.3 Å². The van der Waals surface area contributed by atoms with Crippen LogP contribution in [0.25, 0.3) is 10.1 Å². The van der Waals surface area contributed by atoms with E-state index in [9.17, 15) is 4.79 Å². The number of rotatable bonds is 2. The lowest BCUT2D eigenvalue weighted by Gasteiger charge is -1.99. The number of hydrogen-bond donors (Lipinski definition) is 0. The summed E-state index contributed by atoms with van der Waals surface area (Å²) < 4.78 is 5.91. The van der Waals surface area contributed by atoms with Gasteiger partial charge in [0.1, 0.15) is 5.69 Å². The number of hydrogen-bond acceptors (Lipinski definition) is 4. The van der Waals surface area contributed by atoms with Crippen LogP contribution < -0.4 is 0 Å². The molecule has 0 amide bonds. The molecule has 0 spiro atoms. The van der Waals surface area contributed by atoms with Gasteiger partial charge in [-0.1, -0.05) is 0 Å². The zero-order chi connectivity index (χ0) is 9.97. The average Bonchev–Trinajstić information content (AvgIpc) is 2.64. The first kappa shape index (κ1) is 9.15. The fourth-order valence-electron chi connectivity index (χ4n) is 1.17. The largest absolute Gasteiger partial charge is 0.461 e. The summed E-state index contributed by atoms with van der Waals surface area (Å²) in [5.41, 5.74) is 0.377. The van der Waals surface area contributed by atoms with Crippen LogP contribution in [0.3, 0.4) is 0 Å². The van der Waals surface area contributed by atoms with Gasteiger partial charge >= 0.3 is 5.97 Å². The van der Waals surface area contributed by atoms with E-state index >= 15 is 0 Å². The lowest BCUT2D eigenvalue weighted by molar-refractivity contribution is 0.0520. The van der Waals surface area contributed by atoms with Gasteiger partial charge < -0.3 is 4.74 Å². The second kappa shape index (κ2) is 3.75. The topological polar surface area (TPSA) is 39.2 Å². The highest BCUT2D eigenvalue weighted by Gasteiger charge is 2.08. The van der Waals surface area contributed by atoms with Crippen LogP contribution in [-0.4, -0.2) is 17.6 Å². The molecule has 0 fully saturated rings. The van der Waals surface area contributed by atoms with E-state index in [1.54, 1.807) is 30.5 Å². The third-order valence-electron chi connectivity index (χ3n) is 1.82. The molecule has 2 aromatic heterocycles. The number of aromatic nitrogens is 1. The predicted octanol–water partition coefficient (Wildman–Crippen LogP) is 2.47. The van der Waals surface area contributed by atoms with Crippen LogP contribution in [0.15, 0.2) is 23.7 Å². The summed E-state index contributed by atoms with van der Waals surface area (Å²) in [6.45, 7) is 2.16. The van der Waals surface area contributed by atoms with Crippen molar-refractivity contribution in [3.05, 3.63) is 29.4 Å². The molecule has 0 bridgehead atoms. The fourth-order valence-corrected chi connectivity index (χ4v) is 1.97. The molecule has 0 saturated carbocycles. The van der Waals surface area contributed by atoms with Gasteiger partial charge in [0.2, 0.25) is 0 Å². The molecule has 72 valence electrons. The SMILES string of the molecule is CCOC(=O)c1cc2sccc2cn1. The summed E-state index contributed by atoms with van der Waals surface area (Å²) in [6, 6.07) is 3.74. The van der Waals surface area contributed by atoms with E-state index in [0.29, 0.717) is 12.3 Å². The van der Waals surface area contributed by atoms with Crippen LogP contribution in [-0.2, 0) is 4.74 Å². The highest BCUT2D eigenvalue weighted by Crippen LogP contribution is 2.20. The molecular formula is C10H9NO2S. The number of nitrogens with zero attached hydrogens (tertiary/aromatic N) is 1. The molecule has 4 heteroatoms. The monoisotopic (exact) mass is 207 g/mol. The maximum absolute atomic E-state index is 11.3. The number of thiophene rings is 1. The molecule has 0 aliphatic rings. The van der Waals surface area contributed by atoms with Crippen molar-refractivity contribution in [2.24, 2.45) is 0 Å². The van der Waals surface area contributed by atoms with Crippen LogP contribution in [0, 0.1) is 0 Å². The van der Waals surface area contributed by atoms with Crippen molar-refractivity contribution in [2.75, 3.05) is 6.61 Å². The summed E-state index contributed by atoms with van der Waals surface area (Å²) in [4.78, 5) is 15.4. The van der Waals surface area contributed by atoms with Gasteiger partial charge in [0.15, 0.2) is 0 Å². The van der Waals surface area contributed by atoms with Crippen LogP contribution in [0.4, 0.5) is 0 Å². The summed E-state index contributed by atoms with van der Waals surface area (Å²) in [5.74, 6) is -0.359. The van der Waals surface area contributed by atoms with Crippen molar-refractivity contribution in [1.29, 1.82) is 0 Å². The molecule has 2 rings (SSSR count). The summed E-state index contributed by atoms with van der Waals surface area (Å²) in [5, 5.41) is 3.03. The van der Waals surface area contributed by atoms with E-state index < -0.39 is 0 Å². The van der Waals surface area contributed by atoms with Gasteiger partial charge in [-0.2, -0.15) is 0 Å². The van der Waals surface area contributed by atoms with E-state index in [4.69, 9.17) is 4.74 Å². The summed E-state index contributed by atoms with van der Waals surface area (Å²) in [6.07, 6.45) is 1.69. The van der Waals surface area contributed by atoms with Crippen molar-refractivity contribution < 1.29 is 9.53 Å². The predicted molar refractivity (Wildman–Crippen MR) is 55.6 cm³/mol. The Labute approximate surface area is 85.3 Å². The van der Waals surface area contributed by atoms with Crippen LogP contribution >= 0.6 is 11.3 Å². The third-order valence-corrected chi connectivity index (χ3v) is 2.70. The van der Waals surface area contributed by atoms with Crippen LogP contribution in [0.2, 0.25) is 0 Å². The highest BCUT2D eigenvalue weighted by atomic mass is 32.1. The zero-order valence-electron chi connectivity index (χ0n) is 7.69. The smallest absolute Gasteiger partial charge is 0.356 e. The van der Waals surface area contributed by atoms with E-state index in [2.05, 4.69) is 4.98 Å². The minimum atomic E-state index is -0.359. The van der Waals surface area contributed by atoms with Gasteiger partial charge in [0, 0.05) is 16.3 Å². The molecule has 2 heterocycles. The number of carbonyl (C=O) groups excluding carboxylic acids is 1. The molecule has 0 saturated heterocycles. The molecule has 0 atom stereocenters. The van der Waals surface area contributed by atoms with E-state index in [-0.39, 0.29) is 5.97 Å². The summed E-state index contributed by atoms with van der Waals surface area (Å²) >= 11 is 1.59. The fraction of sp³-hybridized carbons (Fsp3) is 0.200. The lowest BCUT2D eigenvalue weighted by Crippen LogP contribution is -2.06. The zero-order valence-corrected chi connectivity index (χ0v) is 8.50. The Morgan fingerprint density at radius 2 is 2.50 bits per heavy atom. The first-order valence-electron chi connectivity index (χ1n) is 4.31. The van der Waals surface area contributed by atoms with E-state index in [0.717, 1.165) is 10.1 Å². The van der Waals surface area contributed by atoms with Crippen molar-refractivity contribution in [2.45, 2.75) is 6.92 Å². The molecular weight excluding hydrogens is 198 g/mol. The standard InChI is InChI=1S/C10H9NO2S/c1-2-13-10(12)8-5-9-7(6-11-8)3-4-14-9/h3-6H,2H2,1H3. The third kappa shape index (κ3) is 1.61. The molecule has 14 heavy (non-hydrogen) atoms. The Hall–Kier alpha value is -1.42. The maximum atomic E-state index is 11.3. The van der Waals surface area contributed by atoms with Crippen molar-refractivity contribution in [3.63, 3.8) is 0 Å². The Kier molecular flexibility index (Phi) is 2.45. The van der Waals surface area contributed by atoms with Gasteiger partial charge in [-0.05, 0) is 24.4 Å². The second-order valence-corrected chi connectivity index (χ2v) is 3.70. The molecule has 0 aliphatic heterocycles. The number of esters is 1. The Morgan fingerprint density at radius 3 is 3.29 bits per heavy atom. The molecule has 0 unspecified atom stereocenters. The minimum absolute atomic E-state index is 0.359. The average molecular weight is 207 g/mol. The first-order valence-corrected chi connectivity index (χ1v) is 5.19. The number of ether oxygens (including phenoxy) is 1. The molecule has 0 aromatic carbocycles. The lowest BCUT2D eigenvalue weighted by atomic mass is 10.3. The van der Waals surface area contributed by atoms with Gasteiger partial charge in [0.05, 0.1) is 6.61 Å². The normalized spacial score (nSPS) is 10.4. The van der Waals surface area contributed by atoms with Gasteiger partial charge in [-0.25, -0.2) is 9.78 Å². The Balaban J connectivity index is 2.38. The molecule has 0 aliphatic carbocycles. The van der Waals surface area contributed by atoms with Crippen LogP contribution in [0.1, 0.15) is 17.4 Å². The van der Waals surface area contributed by atoms with Gasteiger partial charge in [-0.3, -0.25) is 0 Å². The first-order chi connectivity index (χ1) is 6.81. The van der Waals surface area contributed by atoms with E-state index in [1.807, 2.05) is 11.4 Å². The Bertz CT molecular complexity index is 464. The number of pyridine rings is 1. The Morgan fingerprint density at radius 1 is 1.64 bits per heavy atom. The molecule has 0 radical (unpaired) electrons. The minimum Gasteiger partial charge on any atom is -0.461 e. The van der Waals surface area contributed by atoms with Crippen molar-refractivity contribution in [3.8, 4) is 0 Å². The van der Waals surface area contributed by atoms with Crippen molar-refractivity contribution in [1.82, 2.24) is 4.98 Å². The molecule has 3 nitrogen and oxygen atoms in total. The molecule has 0 N–H and O–H groups in total. The molecule has 2 aromatic rings. The number of fused-ring (bicyclic) bond motifs is 1. The highest BCUT2D eigenvalue weighted by molar-refractivity contribution is 7.17. The number of carbonyl (C=O) groups is 1. The van der Waals surface area contributed by atoms with Gasteiger partial charge in [0.25, 0.3) is 0 Å². The van der Waals surface area contributed by atoms with Crippen LogP contribution in [0.5, 0.6) is 0 Å². The second-order valence-electron chi connectivity index (χ2n) is 2.75.